The lowest BCUT2D eigenvalue weighted by Gasteiger charge is -2.40. The van der Waals surface area contributed by atoms with E-state index in [0.717, 1.165) is 35.1 Å². The first-order chi connectivity index (χ1) is 24.4. The number of carbonyl (C=O) groups is 2. The average molecular weight is 699 g/mol. The van der Waals surface area contributed by atoms with Crippen LogP contribution in [0.2, 0.25) is 0 Å². The minimum atomic E-state index is -0.830. The van der Waals surface area contributed by atoms with E-state index < -0.39 is 29.0 Å². The zero-order valence-corrected chi connectivity index (χ0v) is 29.1. The number of rotatable bonds is 12. The second-order valence-corrected chi connectivity index (χ2v) is 14.4. The lowest BCUT2D eigenvalue weighted by molar-refractivity contribution is -0.133. The van der Waals surface area contributed by atoms with Crippen LogP contribution in [-0.2, 0) is 14.9 Å². The van der Waals surface area contributed by atoms with Crippen molar-refractivity contribution in [3.8, 4) is 34.1 Å². The van der Waals surface area contributed by atoms with Gasteiger partial charge in [0.25, 0.3) is 0 Å². The highest BCUT2D eigenvalue weighted by molar-refractivity contribution is 5.93. The summed E-state index contributed by atoms with van der Waals surface area (Å²) < 4.78 is 63.6. The van der Waals surface area contributed by atoms with Crippen LogP contribution in [0.15, 0.2) is 72.8 Å². The SMILES string of the molecule is CCC1(COc2ccc(C(=O)Oc3ccc4c(c3)C(C)(C)c3cc(OC(=O)c5ccc(OCC6(CC)COC6)cc5F)ccc3-4)c(F)c2)COC1. The lowest BCUT2D eigenvalue weighted by Crippen LogP contribution is -2.46. The van der Waals surface area contributed by atoms with E-state index in [-0.39, 0.29) is 33.5 Å². The zero-order valence-electron chi connectivity index (χ0n) is 29.1. The van der Waals surface area contributed by atoms with Gasteiger partial charge in [0, 0.05) is 17.5 Å². The highest BCUT2D eigenvalue weighted by Crippen LogP contribution is 2.50. The maximum atomic E-state index is 15.0. The van der Waals surface area contributed by atoms with Gasteiger partial charge in [-0.25, -0.2) is 18.4 Å². The Labute approximate surface area is 295 Å². The second kappa shape index (κ2) is 13.4. The number of benzene rings is 4. The van der Waals surface area contributed by atoms with Gasteiger partial charge in [0.15, 0.2) is 0 Å². The topological polar surface area (TPSA) is 89.5 Å². The van der Waals surface area contributed by atoms with E-state index in [9.17, 15) is 9.59 Å². The van der Waals surface area contributed by atoms with E-state index in [0.29, 0.717) is 51.1 Å². The van der Waals surface area contributed by atoms with E-state index >= 15 is 8.78 Å². The molecule has 0 radical (unpaired) electrons. The molecule has 0 saturated carbocycles. The summed E-state index contributed by atoms with van der Waals surface area (Å²) in [5.74, 6) is -1.95. The Balaban J connectivity index is 1.01. The van der Waals surface area contributed by atoms with Crippen LogP contribution in [0.25, 0.3) is 11.1 Å². The fraction of sp³-hybridized carbons (Fsp3) is 0.366. The van der Waals surface area contributed by atoms with Crippen LogP contribution < -0.4 is 18.9 Å². The molecule has 2 aliphatic heterocycles. The summed E-state index contributed by atoms with van der Waals surface area (Å²) in [6.45, 7) is 11.4. The molecule has 10 heteroatoms. The molecule has 0 aromatic heterocycles. The Hall–Kier alpha value is -4.80. The predicted molar refractivity (Wildman–Crippen MR) is 185 cm³/mol. The maximum Gasteiger partial charge on any atom is 0.346 e. The molecule has 0 bridgehead atoms. The van der Waals surface area contributed by atoms with Crippen LogP contribution in [0.1, 0.15) is 72.4 Å². The molecule has 4 aromatic rings. The van der Waals surface area contributed by atoms with Crippen molar-refractivity contribution in [3.05, 3.63) is 107 Å². The van der Waals surface area contributed by atoms with Crippen LogP contribution in [0.4, 0.5) is 8.78 Å². The molecule has 3 aliphatic rings. The van der Waals surface area contributed by atoms with Gasteiger partial charge >= 0.3 is 11.9 Å². The number of ether oxygens (including phenoxy) is 6. The van der Waals surface area contributed by atoms with E-state index in [1.54, 1.807) is 36.4 Å². The van der Waals surface area contributed by atoms with Gasteiger partial charge in [0.1, 0.15) is 34.6 Å². The largest absolute Gasteiger partial charge is 0.493 e. The molecule has 7 rings (SSSR count). The molecule has 2 heterocycles. The van der Waals surface area contributed by atoms with Gasteiger partial charge in [-0.05, 0) is 83.6 Å². The van der Waals surface area contributed by atoms with Crippen molar-refractivity contribution >= 4 is 11.9 Å². The van der Waals surface area contributed by atoms with Crippen LogP contribution >= 0.6 is 0 Å². The van der Waals surface area contributed by atoms with Gasteiger partial charge < -0.3 is 28.4 Å². The minimum absolute atomic E-state index is 0.0621. The predicted octanol–water partition coefficient (Wildman–Crippen LogP) is 8.32. The molecule has 0 unspecified atom stereocenters. The fourth-order valence-corrected chi connectivity index (χ4v) is 6.68. The molecule has 266 valence electrons. The number of carbonyl (C=O) groups excluding carboxylic acids is 2. The van der Waals surface area contributed by atoms with Gasteiger partial charge in [0.05, 0.1) is 61.6 Å². The number of fused-ring (bicyclic) bond motifs is 3. The van der Waals surface area contributed by atoms with Crippen LogP contribution in [-0.4, -0.2) is 51.6 Å². The minimum Gasteiger partial charge on any atom is -0.493 e. The Morgan fingerprint density at radius 1 is 0.608 bits per heavy atom. The van der Waals surface area contributed by atoms with Crippen molar-refractivity contribution in [2.45, 2.75) is 46.0 Å². The van der Waals surface area contributed by atoms with Gasteiger partial charge in [-0.1, -0.05) is 39.8 Å². The molecule has 51 heavy (non-hydrogen) atoms. The van der Waals surface area contributed by atoms with Crippen molar-refractivity contribution in [1.82, 2.24) is 0 Å². The summed E-state index contributed by atoms with van der Waals surface area (Å²) in [6, 6.07) is 18.8. The molecule has 2 saturated heterocycles. The Morgan fingerprint density at radius 3 is 1.33 bits per heavy atom. The van der Waals surface area contributed by atoms with Gasteiger partial charge in [0.2, 0.25) is 0 Å². The molecule has 2 fully saturated rings. The summed E-state index contributed by atoms with van der Waals surface area (Å²) in [4.78, 5) is 26.1. The first kappa shape index (κ1) is 34.6. The van der Waals surface area contributed by atoms with Crippen LogP contribution in [0, 0.1) is 22.5 Å². The standard InChI is InChI=1S/C41H40F2O8/c1-5-40(19-46-20-40)23-48-25-7-13-31(35(42)17-25)37(44)50-27-9-11-29-30-12-10-28(16-34(30)39(3,4)33(29)15-27)51-38(45)32-14-8-26(18-36(32)43)49-24-41(6-2)21-47-22-41/h7-18H,5-6,19-24H2,1-4H3. The van der Waals surface area contributed by atoms with E-state index in [1.165, 1.54) is 24.3 Å². The fourth-order valence-electron chi connectivity index (χ4n) is 6.68. The monoisotopic (exact) mass is 698 g/mol. The van der Waals surface area contributed by atoms with Crippen LogP contribution in [0.3, 0.4) is 0 Å². The van der Waals surface area contributed by atoms with E-state index in [2.05, 4.69) is 13.8 Å². The average Bonchev–Trinajstić information content (AvgIpc) is 3.29. The second-order valence-electron chi connectivity index (χ2n) is 14.4. The third kappa shape index (κ3) is 6.58. The molecule has 0 atom stereocenters. The highest BCUT2D eigenvalue weighted by Gasteiger charge is 2.39. The quantitative estimate of drug-likeness (QED) is 0.108. The molecule has 1 aliphatic carbocycles. The van der Waals surface area contributed by atoms with Gasteiger partial charge in [-0.2, -0.15) is 0 Å². The summed E-state index contributed by atoms with van der Waals surface area (Å²) in [5.41, 5.74) is 2.47. The molecular weight excluding hydrogens is 658 g/mol. The molecule has 0 amide bonds. The van der Waals surface area contributed by atoms with Crippen molar-refractivity contribution in [2.75, 3.05) is 39.6 Å². The van der Waals surface area contributed by atoms with Gasteiger partial charge in [-0.15, -0.1) is 0 Å². The van der Waals surface area contributed by atoms with Gasteiger partial charge in [-0.3, -0.25) is 0 Å². The number of hydrogen-bond acceptors (Lipinski definition) is 8. The summed E-state index contributed by atoms with van der Waals surface area (Å²) in [6.07, 6.45) is 1.78. The number of esters is 2. The molecule has 4 aromatic carbocycles. The Kier molecular flexibility index (Phi) is 9.10. The van der Waals surface area contributed by atoms with Crippen molar-refractivity contribution in [3.63, 3.8) is 0 Å². The molecule has 0 N–H and O–H groups in total. The Bertz CT molecular complexity index is 1840. The number of hydrogen-bond donors (Lipinski definition) is 0. The first-order valence-electron chi connectivity index (χ1n) is 17.2. The van der Waals surface area contributed by atoms with E-state index in [4.69, 9.17) is 28.4 Å². The molecule has 0 spiro atoms. The summed E-state index contributed by atoms with van der Waals surface area (Å²) >= 11 is 0. The maximum absolute atomic E-state index is 15.0. The Morgan fingerprint density at radius 2 is 1.00 bits per heavy atom. The highest BCUT2D eigenvalue weighted by atomic mass is 19.1. The third-order valence-corrected chi connectivity index (χ3v) is 10.6. The van der Waals surface area contributed by atoms with E-state index in [1.807, 2.05) is 26.0 Å². The normalized spacial score (nSPS) is 17.3. The van der Waals surface area contributed by atoms with Crippen molar-refractivity contribution in [2.24, 2.45) is 10.8 Å². The first-order valence-corrected chi connectivity index (χ1v) is 17.2. The van der Waals surface area contributed by atoms with Crippen molar-refractivity contribution in [1.29, 1.82) is 0 Å². The third-order valence-electron chi connectivity index (χ3n) is 10.6. The smallest absolute Gasteiger partial charge is 0.346 e. The number of halogens is 2. The zero-order chi connectivity index (χ0) is 36.0. The summed E-state index contributed by atoms with van der Waals surface area (Å²) in [7, 11) is 0. The van der Waals surface area contributed by atoms with Crippen molar-refractivity contribution < 1.29 is 46.8 Å². The molecular formula is C41H40F2O8. The summed E-state index contributed by atoms with van der Waals surface area (Å²) in [5, 5.41) is 0. The molecule has 8 nitrogen and oxygen atoms in total. The van der Waals surface area contributed by atoms with Crippen LogP contribution in [0.5, 0.6) is 23.0 Å². The lowest BCUT2D eigenvalue weighted by atomic mass is 9.82.